The quantitative estimate of drug-likeness (QED) is 0.262. The summed E-state index contributed by atoms with van der Waals surface area (Å²) < 4.78 is 2.08. The van der Waals surface area contributed by atoms with Crippen LogP contribution in [0, 0.1) is 16.9 Å². The lowest BCUT2D eigenvalue weighted by Crippen LogP contribution is -2.29. The number of rotatable bonds is 6. The van der Waals surface area contributed by atoms with Crippen LogP contribution in [0.1, 0.15) is 37.9 Å². The van der Waals surface area contributed by atoms with Crippen molar-refractivity contribution in [3.63, 3.8) is 0 Å². The van der Waals surface area contributed by atoms with Gasteiger partial charge in [0.1, 0.15) is 11.3 Å². The number of imidazole rings is 1. The molecule has 1 aromatic carbocycles. The van der Waals surface area contributed by atoms with Gasteiger partial charge in [0.25, 0.3) is 0 Å². The number of nitrogens with zero attached hydrogens (tertiary/aromatic N) is 7. The van der Waals surface area contributed by atoms with Gasteiger partial charge in [-0.2, -0.15) is 5.26 Å². The zero-order valence-corrected chi connectivity index (χ0v) is 23.1. The lowest BCUT2D eigenvalue weighted by Gasteiger charge is -2.23. The molecule has 3 aromatic heterocycles. The van der Waals surface area contributed by atoms with Crippen molar-refractivity contribution >= 4 is 22.6 Å². The first-order valence-electron chi connectivity index (χ1n) is 13.9. The van der Waals surface area contributed by atoms with Gasteiger partial charge in [0, 0.05) is 43.5 Å². The number of fused-ring (bicyclic) bond motifs is 1. The summed E-state index contributed by atoms with van der Waals surface area (Å²) in [7, 11) is 0. The molecule has 5 heterocycles. The van der Waals surface area contributed by atoms with Crippen molar-refractivity contribution < 1.29 is 0 Å². The van der Waals surface area contributed by atoms with Crippen LogP contribution in [0.15, 0.2) is 73.0 Å². The van der Waals surface area contributed by atoms with E-state index in [0.29, 0.717) is 5.82 Å². The van der Waals surface area contributed by atoms with Crippen molar-refractivity contribution in [1.29, 1.82) is 5.26 Å². The van der Waals surface area contributed by atoms with Gasteiger partial charge in [-0.05, 0) is 80.8 Å². The highest BCUT2D eigenvalue weighted by molar-refractivity contribution is 5.85. The number of benzene rings is 1. The van der Waals surface area contributed by atoms with Crippen LogP contribution in [0.4, 0.5) is 5.82 Å². The van der Waals surface area contributed by atoms with Crippen LogP contribution in [-0.4, -0.2) is 55.5 Å². The monoisotopic (exact) mass is 530 g/mol. The summed E-state index contributed by atoms with van der Waals surface area (Å²) in [4.78, 5) is 18.8. The van der Waals surface area contributed by atoms with Gasteiger partial charge in [-0.1, -0.05) is 30.4 Å². The van der Waals surface area contributed by atoms with Crippen molar-refractivity contribution in [2.75, 3.05) is 31.9 Å². The van der Waals surface area contributed by atoms with Gasteiger partial charge in [-0.15, -0.1) is 0 Å². The first-order valence-corrected chi connectivity index (χ1v) is 13.9. The van der Waals surface area contributed by atoms with Crippen molar-refractivity contribution in [2.45, 2.75) is 33.2 Å². The molecule has 8 nitrogen and oxygen atoms in total. The molecule has 0 bridgehead atoms. The van der Waals surface area contributed by atoms with E-state index in [2.05, 4.69) is 57.1 Å². The predicted molar refractivity (Wildman–Crippen MR) is 159 cm³/mol. The van der Waals surface area contributed by atoms with Crippen molar-refractivity contribution in [3.8, 4) is 23.3 Å². The Morgan fingerprint density at radius 1 is 1.05 bits per heavy atom. The molecule has 2 aliphatic heterocycles. The van der Waals surface area contributed by atoms with E-state index in [1.165, 1.54) is 5.56 Å². The number of nitrogen functional groups attached to an aromatic ring is 1. The minimum atomic E-state index is 0.270. The Morgan fingerprint density at radius 2 is 1.88 bits per heavy atom. The molecule has 0 aliphatic carbocycles. The lowest BCUT2D eigenvalue weighted by atomic mass is 9.86. The molecule has 2 fully saturated rings. The van der Waals surface area contributed by atoms with E-state index in [0.717, 1.165) is 85.1 Å². The summed E-state index contributed by atoms with van der Waals surface area (Å²) in [6.07, 6.45) is 12.5. The zero-order chi connectivity index (χ0) is 27.7. The molecule has 8 heteroatoms. The minimum absolute atomic E-state index is 0.270. The fourth-order valence-electron chi connectivity index (χ4n) is 6.18. The van der Waals surface area contributed by atoms with E-state index in [1.807, 2.05) is 49.1 Å². The maximum Gasteiger partial charge on any atom is 0.179 e. The van der Waals surface area contributed by atoms with E-state index in [4.69, 9.17) is 15.7 Å². The van der Waals surface area contributed by atoms with Crippen LogP contribution in [0.5, 0.6) is 0 Å². The highest BCUT2D eigenvalue weighted by Gasteiger charge is 2.43. The Labute approximate surface area is 235 Å². The Morgan fingerprint density at radius 3 is 2.60 bits per heavy atom. The molecule has 1 unspecified atom stereocenters. The SMILES string of the molecule is C/C=C\C(=C/C)c1ccc2nc(-c3cccnc3N)n(-c3ccc(CN4CCC5(CCN(C#N)C5)C4)cc3)c2n1. The number of nitrogens with two attached hydrogens (primary N) is 1. The minimum Gasteiger partial charge on any atom is -0.383 e. The largest absolute Gasteiger partial charge is 0.383 e. The van der Waals surface area contributed by atoms with Crippen LogP contribution in [0.3, 0.4) is 0 Å². The molecule has 2 saturated heterocycles. The van der Waals surface area contributed by atoms with E-state index in [-0.39, 0.29) is 5.41 Å². The second-order valence-electron chi connectivity index (χ2n) is 10.9. The number of pyridine rings is 2. The molecule has 1 spiro atoms. The summed E-state index contributed by atoms with van der Waals surface area (Å²) in [5.74, 6) is 1.15. The van der Waals surface area contributed by atoms with Crippen molar-refractivity contribution in [2.24, 2.45) is 5.41 Å². The number of hydrogen-bond donors (Lipinski definition) is 1. The Balaban J connectivity index is 1.35. The molecule has 1 atom stereocenters. The molecule has 0 saturated carbocycles. The lowest BCUT2D eigenvalue weighted by molar-refractivity contribution is 0.257. The van der Waals surface area contributed by atoms with Gasteiger partial charge >= 0.3 is 0 Å². The Bertz CT molecular complexity index is 1640. The topological polar surface area (TPSA) is 99.9 Å². The third-order valence-electron chi connectivity index (χ3n) is 8.23. The Hall–Kier alpha value is -4.48. The number of anilines is 1. The van der Waals surface area contributed by atoms with Crippen LogP contribution in [-0.2, 0) is 6.54 Å². The first kappa shape index (κ1) is 25.8. The van der Waals surface area contributed by atoms with Gasteiger partial charge in [0.2, 0.25) is 0 Å². The third-order valence-corrected chi connectivity index (χ3v) is 8.23. The standard InChI is InChI=1S/C32H34N8/c1-3-6-24(4-2)27-12-13-28-31(36-27)40(30(37-28)26-7-5-16-35-29(26)34)25-10-8-23(9-11-25)19-38-17-14-32(20-38)15-18-39(21-32)22-33/h3-13,16H,14-15,17-21H2,1-2H3,(H2,34,35)/b6-3-,24-4+. The van der Waals surface area contributed by atoms with Crippen LogP contribution in [0.2, 0.25) is 0 Å². The summed E-state index contributed by atoms with van der Waals surface area (Å²) in [6.45, 7) is 8.84. The molecule has 4 aromatic rings. The summed E-state index contributed by atoms with van der Waals surface area (Å²) >= 11 is 0. The second kappa shape index (κ2) is 10.6. The van der Waals surface area contributed by atoms with Crippen LogP contribution >= 0.6 is 0 Å². The highest BCUT2D eigenvalue weighted by Crippen LogP contribution is 2.40. The summed E-state index contributed by atoms with van der Waals surface area (Å²) in [5.41, 5.74) is 13.1. The zero-order valence-electron chi connectivity index (χ0n) is 23.1. The van der Waals surface area contributed by atoms with Crippen LogP contribution in [0.25, 0.3) is 33.8 Å². The first-order chi connectivity index (χ1) is 19.5. The number of allylic oxidation sites excluding steroid dienone is 4. The van der Waals surface area contributed by atoms with E-state index in [1.54, 1.807) is 6.20 Å². The fraction of sp³-hybridized carbons (Fsp3) is 0.312. The Kier molecular flexibility index (Phi) is 6.82. The van der Waals surface area contributed by atoms with E-state index < -0.39 is 0 Å². The molecule has 202 valence electrons. The van der Waals surface area contributed by atoms with Gasteiger partial charge in [0.15, 0.2) is 17.7 Å². The molecular weight excluding hydrogens is 496 g/mol. The van der Waals surface area contributed by atoms with Gasteiger partial charge in [-0.25, -0.2) is 15.0 Å². The average molecular weight is 531 g/mol. The van der Waals surface area contributed by atoms with Gasteiger partial charge in [-0.3, -0.25) is 9.47 Å². The number of aromatic nitrogens is 4. The van der Waals surface area contributed by atoms with Crippen LogP contribution < -0.4 is 5.73 Å². The number of likely N-dealkylation sites (tertiary alicyclic amines) is 2. The van der Waals surface area contributed by atoms with Gasteiger partial charge in [0.05, 0.1) is 11.3 Å². The maximum atomic E-state index is 9.30. The highest BCUT2D eigenvalue weighted by atomic mass is 15.2. The molecule has 6 rings (SSSR count). The maximum absolute atomic E-state index is 9.30. The van der Waals surface area contributed by atoms with Crippen molar-refractivity contribution in [3.05, 3.63) is 84.2 Å². The molecule has 40 heavy (non-hydrogen) atoms. The van der Waals surface area contributed by atoms with Crippen molar-refractivity contribution in [1.82, 2.24) is 29.3 Å². The summed E-state index contributed by atoms with van der Waals surface area (Å²) in [6, 6.07) is 16.5. The smallest absolute Gasteiger partial charge is 0.179 e. The van der Waals surface area contributed by atoms with Gasteiger partial charge < -0.3 is 10.6 Å². The third kappa shape index (κ3) is 4.74. The molecule has 0 radical (unpaired) electrons. The molecule has 2 aliphatic rings. The van der Waals surface area contributed by atoms with E-state index >= 15 is 0 Å². The predicted octanol–water partition coefficient (Wildman–Crippen LogP) is 5.42. The molecule has 0 amide bonds. The molecule has 2 N–H and O–H groups in total. The normalized spacial score (nSPS) is 19.8. The fourth-order valence-corrected chi connectivity index (χ4v) is 6.18. The van der Waals surface area contributed by atoms with E-state index in [9.17, 15) is 5.26 Å². The second-order valence-corrected chi connectivity index (χ2v) is 10.9. The summed E-state index contributed by atoms with van der Waals surface area (Å²) in [5, 5.41) is 9.30. The number of nitriles is 1. The number of hydrogen-bond acceptors (Lipinski definition) is 7. The average Bonchev–Trinajstić information content (AvgIpc) is 3.69. The molecular formula is C32H34N8.